The summed E-state index contributed by atoms with van der Waals surface area (Å²) in [5.74, 6) is 0.968. The molecule has 0 spiro atoms. The summed E-state index contributed by atoms with van der Waals surface area (Å²) in [5.41, 5.74) is 2.30. The minimum Gasteiger partial charge on any atom is -0.359 e. The van der Waals surface area contributed by atoms with Crippen molar-refractivity contribution in [3.05, 3.63) is 24.3 Å². The molecule has 96 valence electrons. The van der Waals surface area contributed by atoms with E-state index in [-0.39, 0.29) is 0 Å². The fraction of sp³-hybridized carbons (Fsp3) is 0.500. The zero-order valence-corrected chi connectivity index (χ0v) is 10.9. The van der Waals surface area contributed by atoms with Gasteiger partial charge >= 0.3 is 0 Å². The molecule has 0 atom stereocenters. The van der Waals surface area contributed by atoms with Crippen LogP contribution in [0, 0.1) is 0 Å². The number of benzene rings is 1. The highest BCUT2D eigenvalue weighted by atomic mass is 15.2. The number of likely N-dealkylation sites (tertiary alicyclic amines) is 1. The molecule has 2 aromatic rings. The number of hydrogen-bond donors (Lipinski definition) is 1. The third-order valence-corrected chi connectivity index (χ3v) is 3.72. The number of rotatable bonds is 4. The van der Waals surface area contributed by atoms with Crippen molar-refractivity contribution in [3.8, 4) is 0 Å². The van der Waals surface area contributed by atoms with Gasteiger partial charge in [0.05, 0.1) is 11.0 Å². The van der Waals surface area contributed by atoms with Gasteiger partial charge in [0.15, 0.2) is 0 Å². The fourth-order valence-electron chi connectivity index (χ4n) is 2.74. The summed E-state index contributed by atoms with van der Waals surface area (Å²) < 4.78 is 2.29. The van der Waals surface area contributed by atoms with Gasteiger partial charge in [0.25, 0.3) is 0 Å². The van der Waals surface area contributed by atoms with Crippen LogP contribution in [-0.4, -0.2) is 41.1 Å². The van der Waals surface area contributed by atoms with Gasteiger partial charge in [0, 0.05) is 20.1 Å². The van der Waals surface area contributed by atoms with Crippen LogP contribution in [0.3, 0.4) is 0 Å². The molecule has 1 aliphatic rings. The van der Waals surface area contributed by atoms with E-state index in [4.69, 9.17) is 0 Å². The Morgan fingerprint density at radius 2 is 1.94 bits per heavy atom. The maximum atomic E-state index is 4.61. The Balaban J connectivity index is 1.84. The second-order valence-corrected chi connectivity index (χ2v) is 4.87. The van der Waals surface area contributed by atoms with Crippen molar-refractivity contribution in [3.63, 3.8) is 0 Å². The molecule has 1 fully saturated rings. The minimum atomic E-state index is 0.968. The molecule has 0 aliphatic carbocycles. The maximum absolute atomic E-state index is 4.61. The van der Waals surface area contributed by atoms with Crippen LogP contribution >= 0.6 is 0 Å². The molecule has 0 radical (unpaired) electrons. The van der Waals surface area contributed by atoms with Crippen molar-refractivity contribution in [1.29, 1.82) is 0 Å². The first-order valence-corrected chi connectivity index (χ1v) is 6.74. The first-order chi connectivity index (χ1) is 8.88. The monoisotopic (exact) mass is 244 g/mol. The minimum absolute atomic E-state index is 0.968. The lowest BCUT2D eigenvalue weighted by Gasteiger charge is -2.16. The molecule has 0 amide bonds. The van der Waals surface area contributed by atoms with Crippen LogP contribution in [0.5, 0.6) is 0 Å². The summed E-state index contributed by atoms with van der Waals surface area (Å²) in [6, 6.07) is 8.34. The van der Waals surface area contributed by atoms with E-state index in [1.165, 1.54) is 31.4 Å². The zero-order valence-electron chi connectivity index (χ0n) is 10.9. The number of nitrogens with one attached hydrogen (secondary N) is 1. The second kappa shape index (κ2) is 4.98. The standard InChI is InChI=1S/C14H20N4/c1-15-14-16-12-6-2-3-7-13(12)18(14)11-10-17-8-4-5-9-17/h2-3,6-7H,4-5,8-11H2,1H3,(H,15,16). The Morgan fingerprint density at radius 1 is 1.17 bits per heavy atom. The van der Waals surface area contributed by atoms with Gasteiger partial charge in [0.1, 0.15) is 0 Å². The Bertz CT molecular complexity index is 526. The van der Waals surface area contributed by atoms with Gasteiger partial charge in [-0.25, -0.2) is 4.98 Å². The third-order valence-electron chi connectivity index (χ3n) is 3.72. The van der Waals surface area contributed by atoms with E-state index in [2.05, 4.69) is 38.0 Å². The van der Waals surface area contributed by atoms with E-state index in [9.17, 15) is 0 Å². The molecule has 3 rings (SSSR count). The van der Waals surface area contributed by atoms with Crippen molar-refractivity contribution >= 4 is 17.0 Å². The van der Waals surface area contributed by atoms with Gasteiger partial charge in [-0.2, -0.15) is 0 Å². The Kier molecular flexibility index (Phi) is 3.19. The Labute approximate surface area is 108 Å². The molecule has 1 N–H and O–H groups in total. The molecular weight excluding hydrogens is 224 g/mol. The first kappa shape index (κ1) is 11.5. The molecule has 0 unspecified atom stereocenters. The molecule has 4 heteroatoms. The lowest BCUT2D eigenvalue weighted by Crippen LogP contribution is -2.24. The summed E-state index contributed by atoms with van der Waals surface area (Å²) in [5, 5.41) is 3.19. The van der Waals surface area contributed by atoms with Crippen molar-refractivity contribution in [2.75, 3.05) is 32.0 Å². The maximum Gasteiger partial charge on any atom is 0.203 e. The van der Waals surface area contributed by atoms with Crippen LogP contribution in [0.4, 0.5) is 5.95 Å². The normalized spacial score (nSPS) is 16.5. The number of hydrogen-bond acceptors (Lipinski definition) is 3. The van der Waals surface area contributed by atoms with Gasteiger partial charge in [0.2, 0.25) is 5.95 Å². The lowest BCUT2D eigenvalue weighted by molar-refractivity contribution is 0.325. The quantitative estimate of drug-likeness (QED) is 0.895. The number of fused-ring (bicyclic) bond motifs is 1. The van der Waals surface area contributed by atoms with E-state index in [1.807, 2.05) is 13.1 Å². The van der Waals surface area contributed by atoms with Crippen molar-refractivity contribution < 1.29 is 0 Å². The van der Waals surface area contributed by atoms with Crippen LogP contribution in [0.2, 0.25) is 0 Å². The molecular formula is C14H20N4. The van der Waals surface area contributed by atoms with Crippen LogP contribution < -0.4 is 5.32 Å². The molecule has 2 heterocycles. The number of imidazole rings is 1. The van der Waals surface area contributed by atoms with Crippen molar-refractivity contribution in [2.45, 2.75) is 19.4 Å². The molecule has 1 aliphatic heterocycles. The summed E-state index contributed by atoms with van der Waals surface area (Å²) in [7, 11) is 1.94. The van der Waals surface area contributed by atoms with Crippen LogP contribution in [0.1, 0.15) is 12.8 Å². The summed E-state index contributed by atoms with van der Waals surface area (Å²) in [6.07, 6.45) is 2.70. The average Bonchev–Trinajstić information content (AvgIpc) is 3.03. The average molecular weight is 244 g/mol. The largest absolute Gasteiger partial charge is 0.359 e. The van der Waals surface area contributed by atoms with E-state index >= 15 is 0 Å². The van der Waals surface area contributed by atoms with E-state index in [0.29, 0.717) is 0 Å². The number of para-hydroxylation sites is 2. The van der Waals surface area contributed by atoms with E-state index in [0.717, 1.165) is 24.6 Å². The highest BCUT2D eigenvalue weighted by Crippen LogP contribution is 2.19. The molecule has 1 aromatic heterocycles. The van der Waals surface area contributed by atoms with Crippen LogP contribution in [-0.2, 0) is 6.54 Å². The SMILES string of the molecule is CNc1nc2ccccc2n1CCN1CCCC1. The number of nitrogens with zero attached hydrogens (tertiary/aromatic N) is 3. The third kappa shape index (κ3) is 2.08. The summed E-state index contributed by atoms with van der Waals surface area (Å²) >= 11 is 0. The summed E-state index contributed by atoms with van der Waals surface area (Å²) in [6.45, 7) is 4.63. The predicted octanol–water partition coefficient (Wildman–Crippen LogP) is 2.17. The van der Waals surface area contributed by atoms with Crippen LogP contribution in [0.25, 0.3) is 11.0 Å². The zero-order chi connectivity index (χ0) is 12.4. The van der Waals surface area contributed by atoms with E-state index < -0.39 is 0 Å². The van der Waals surface area contributed by atoms with Gasteiger partial charge in [-0.05, 0) is 38.1 Å². The van der Waals surface area contributed by atoms with Crippen molar-refractivity contribution in [1.82, 2.24) is 14.5 Å². The topological polar surface area (TPSA) is 33.1 Å². The Hall–Kier alpha value is -1.55. The number of anilines is 1. The molecule has 0 saturated carbocycles. The van der Waals surface area contributed by atoms with Gasteiger partial charge in [-0.15, -0.1) is 0 Å². The lowest BCUT2D eigenvalue weighted by atomic mass is 10.3. The molecule has 4 nitrogen and oxygen atoms in total. The molecule has 0 bridgehead atoms. The molecule has 18 heavy (non-hydrogen) atoms. The smallest absolute Gasteiger partial charge is 0.203 e. The van der Waals surface area contributed by atoms with Gasteiger partial charge < -0.3 is 14.8 Å². The fourth-order valence-corrected chi connectivity index (χ4v) is 2.74. The number of aromatic nitrogens is 2. The van der Waals surface area contributed by atoms with Crippen molar-refractivity contribution in [2.24, 2.45) is 0 Å². The van der Waals surface area contributed by atoms with Gasteiger partial charge in [-0.3, -0.25) is 0 Å². The van der Waals surface area contributed by atoms with Gasteiger partial charge in [-0.1, -0.05) is 12.1 Å². The van der Waals surface area contributed by atoms with Crippen LogP contribution in [0.15, 0.2) is 24.3 Å². The highest BCUT2D eigenvalue weighted by molar-refractivity contribution is 5.78. The second-order valence-electron chi connectivity index (χ2n) is 4.87. The Morgan fingerprint density at radius 3 is 2.72 bits per heavy atom. The van der Waals surface area contributed by atoms with E-state index in [1.54, 1.807) is 0 Å². The predicted molar refractivity (Wildman–Crippen MR) is 75.0 cm³/mol. The molecule has 1 saturated heterocycles. The highest BCUT2D eigenvalue weighted by Gasteiger charge is 2.13. The molecule has 1 aromatic carbocycles. The summed E-state index contributed by atoms with van der Waals surface area (Å²) in [4.78, 5) is 7.15. The first-order valence-electron chi connectivity index (χ1n) is 6.74.